The van der Waals surface area contributed by atoms with Crippen LogP contribution in [0, 0.1) is 0 Å². The molecular weight excluding hydrogens is 193 g/mol. The molecule has 1 N–H and O–H groups in total. The van der Waals surface area contributed by atoms with Gasteiger partial charge in [0.05, 0.1) is 0 Å². The molecule has 80 valence electrons. The van der Waals surface area contributed by atoms with Gasteiger partial charge in [0, 0.05) is 12.6 Å². The lowest BCUT2D eigenvalue weighted by atomic mass is 10.1. The Morgan fingerprint density at radius 3 is 2.60 bits per heavy atom. The Morgan fingerprint density at radius 1 is 1.60 bits per heavy atom. The molecule has 1 aromatic rings. The number of nitrogens with one attached hydrogen (secondary N) is 1. The van der Waals surface area contributed by atoms with E-state index in [0.29, 0.717) is 11.4 Å². The SMILES string of the molecule is [B]c1cc(NC(=O)OC(C)(C)C)n(C)n1. The molecule has 6 heteroatoms. The third kappa shape index (κ3) is 3.65. The monoisotopic (exact) mass is 207 g/mol. The Labute approximate surface area is 90.2 Å². The summed E-state index contributed by atoms with van der Waals surface area (Å²) in [6.45, 7) is 5.39. The van der Waals surface area contributed by atoms with Crippen molar-refractivity contribution >= 4 is 25.4 Å². The average molecular weight is 207 g/mol. The van der Waals surface area contributed by atoms with Crippen LogP contribution in [0.5, 0.6) is 0 Å². The highest BCUT2D eigenvalue weighted by atomic mass is 16.6. The maximum atomic E-state index is 11.4. The predicted octanol–water partition coefficient (Wildman–Crippen LogP) is 0.561. The molecule has 5 nitrogen and oxygen atoms in total. The van der Waals surface area contributed by atoms with Crippen LogP contribution < -0.4 is 10.9 Å². The normalized spacial score (nSPS) is 11.2. The number of anilines is 1. The summed E-state index contributed by atoms with van der Waals surface area (Å²) in [4.78, 5) is 11.4. The molecular formula is C9H14BN3O2. The molecule has 0 atom stereocenters. The van der Waals surface area contributed by atoms with E-state index < -0.39 is 11.7 Å². The molecule has 15 heavy (non-hydrogen) atoms. The molecule has 2 radical (unpaired) electrons. The zero-order valence-corrected chi connectivity index (χ0v) is 9.37. The van der Waals surface area contributed by atoms with Crippen molar-refractivity contribution in [2.75, 3.05) is 5.32 Å². The Hall–Kier alpha value is -1.46. The van der Waals surface area contributed by atoms with E-state index in [-0.39, 0.29) is 0 Å². The van der Waals surface area contributed by atoms with E-state index in [1.807, 2.05) is 0 Å². The van der Waals surface area contributed by atoms with E-state index in [0.717, 1.165) is 0 Å². The van der Waals surface area contributed by atoms with E-state index >= 15 is 0 Å². The Bertz CT molecular complexity index is 368. The molecule has 1 heterocycles. The van der Waals surface area contributed by atoms with Gasteiger partial charge in [-0.2, -0.15) is 5.10 Å². The number of rotatable bonds is 1. The Kier molecular flexibility index (Phi) is 3.07. The van der Waals surface area contributed by atoms with E-state index in [1.165, 1.54) is 4.68 Å². The minimum Gasteiger partial charge on any atom is -0.444 e. The zero-order valence-electron chi connectivity index (χ0n) is 9.37. The molecule has 0 spiro atoms. The molecule has 0 aliphatic carbocycles. The van der Waals surface area contributed by atoms with Crippen LogP contribution in [0.25, 0.3) is 0 Å². The van der Waals surface area contributed by atoms with Gasteiger partial charge in [-0.25, -0.2) is 4.79 Å². The number of aryl methyl sites for hydroxylation is 1. The molecule has 0 saturated carbocycles. The third-order valence-electron chi connectivity index (χ3n) is 1.53. The maximum absolute atomic E-state index is 11.4. The van der Waals surface area contributed by atoms with Gasteiger partial charge in [0.2, 0.25) is 0 Å². The molecule has 0 aliphatic heterocycles. The Morgan fingerprint density at radius 2 is 2.20 bits per heavy atom. The van der Waals surface area contributed by atoms with Gasteiger partial charge < -0.3 is 4.74 Å². The molecule has 0 unspecified atom stereocenters. The van der Waals surface area contributed by atoms with Crippen LogP contribution in [0.3, 0.4) is 0 Å². The van der Waals surface area contributed by atoms with Crippen molar-refractivity contribution in [2.24, 2.45) is 7.05 Å². The number of nitrogens with zero attached hydrogens (tertiary/aromatic N) is 2. The summed E-state index contributed by atoms with van der Waals surface area (Å²) >= 11 is 0. The number of hydrogen-bond acceptors (Lipinski definition) is 3. The van der Waals surface area contributed by atoms with E-state index in [9.17, 15) is 4.79 Å². The standard InChI is InChI=1S/C9H14BN3O2/c1-9(2,3)15-8(14)11-7-5-6(10)12-13(7)4/h5H,1-4H3,(H,11,14). The lowest BCUT2D eigenvalue weighted by Crippen LogP contribution is -2.27. The number of hydrogen-bond donors (Lipinski definition) is 1. The fourth-order valence-electron chi connectivity index (χ4n) is 1.01. The molecule has 0 aromatic carbocycles. The van der Waals surface area contributed by atoms with Crippen LogP contribution in [-0.4, -0.2) is 29.3 Å². The maximum Gasteiger partial charge on any atom is 0.413 e. The predicted molar refractivity (Wildman–Crippen MR) is 58.5 cm³/mol. The van der Waals surface area contributed by atoms with Crippen LogP contribution in [0.4, 0.5) is 10.6 Å². The molecule has 0 bridgehead atoms. The van der Waals surface area contributed by atoms with Crippen LogP contribution >= 0.6 is 0 Å². The average Bonchev–Trinajstić information content (AvgIpc) is 2.25. The minimum absolute atomic E-state index is 0.351. The summed E-state index contributed by atoms with van der Waals surface area (Å²) in [5, 5.41) is 6.43. The number of ether oxygens (including phenoxy) is 1. The lowest BCUT2D eigenvalue weighted by Gasteiger charge is -2.19. The summed E-state index contributed by atoms with van der Waals surface area (Å²) in [6, 6.07) is 1.56. The second-order valence-electron chi connectivity index (χ2n) is 4.20. The second kappa shape index (κ2) is 3.96. The summed E-state index contributed by atoms with van der Waals surface area (Å²) in [7, 11) is 7.14. The number of aromatic nitrogens is 2. The topological polar surface area (TPSA) is 56.1 Å². The molecule has 1 aromatic heterocycles. The first-order chi connectivity index (χ1) is 6.78. The highest BCUT2D eigenvalue weighted by Crippen LogP contribution is 2.09. The first-order valence-electron chi connectivity index (χ1n) is 4.57. The van der Waals surface area contributed by atoms with Gasteiger partial charge in [-0.3, -0.25) is 10.00 Å². The van der Waals surface area contributed by atoms with Crippen molar-refractivity contribution in [1.29, 1.82) is 0 Å². The van der Waals surface area contributed by atoms with Gasteiger partial charge in [-0.1, -0.05) is 0 Å². The number of amides is 1. The highest BCUT2D eigenvalue weighted by Gasteiger charge is 2.17. The molecule has 1 rings (SSSR count). The van der Waals surface area contributed by atoms with Crippen molar-refractivity contribution in [2.45, 2.75) is 26.4 Å². The van der Waals surface area contributed by atoms with Crippen molar-refractivity contribution in [1.82, 2.24) is 9.78 Å². The van der Waals surface area contributed by atoms with Crippen molar-refractivity contribution in [3.8, 4) is 0 Å². The largest absolute Gasteiger partial charge is 0.444 e. The highest BCUT2D eigenvalue weighted by molar-refractivity contribution is 6.31. The number of carbonyl (C=O) groups excluding carboxylic acids is 1. The fourth-order valence-corrected chi connectivity index (χ4v) is 1.01. The zero-order chi connectivity index (χ0) is 11.6. The van der Waals surface area contributed by atoms with E-state index in [2.05, 4.69) is 10.4 Å². The van der Waals surface area contributed by atoms with E-state index in [1.54, 1.807) is 33.9 Å². The van der Waals surface area contributed by atoms with Gasteiger partial charge in [0.25, 0.3) is 0 Å². The van der Waals surface area contributed by atoms with Crippen LogP contribution in [-0.2, 0) is 11.8 Å². The molecule has 1 amide bonds. The lowest BCUT2D eigenvalue weighted by molar-refractivity contribution is 0.0634. The second-order valence-corrected chi connectivity index (χ2v) is 4.20. The Balaban J connectivity index is 2.63. The summed E-state index contributed by atoms with van der Waals surface area (Å²) < 4.78 is 6.55. The van der Waals surface area contributed by atoms with Crippen molar-refractivity contribution in [3.63, 3.8) is 0 Å². The van der Waals surface area contributed by atoms with Crippen LogP contribution in [0.2, 0.25) is 0 Å². The fraction of sp³-hybridized carbons (Fsp3) is 0.556. The van der Waals surface area contributed by atoms with Crippen molar-refractivity contribution in [3.05, 3.63) is 6.07 Å². The first kappa shape index (κ1) is 11.6. The molecule has 0 fully saturated rings. The van der Waals surface area contributed by atoms with Gasteiger partial charge in [-0.15, -0.1) is 0 Å². The van der Waals surface area contributed by atoms with Gasteiger partial charge >= 0.3 is 6.09 Å². The van der Waals surface area contributed by atoms with Crippen molar-refractivity contribution < 1.29 is 9.53 Å². The molecule has 0 saturated heterocycles. The summed E-state index contributed by atoms with van der Waals surface area (Å²) in [6.07, 6.45) is -0.523. The third-order valence-corrected chi connectivity index (χ3v) is 1.53. The first-order valence-corrected chi connectivity index (χ1v) is 4.57. The van der Waals surface area contributed by atoms with Gasteiger partial charge in [0.15, 0.2) is 0 Å². The minimum atomic E-state index is -0.523. The molecule has 0 aliphatic rings. The van der Waals surface area contributed by atoms with Gasteiger partial charge in [0.1, 0.15) is 19.3 Å². The smallest absolute Gasteiger partial charge is 0.413 e. The van der Waals surface area contributed by atoms with Crippen LogP contribution in [0.1, 0.15) is 20.8 Å². The van der Waals surface area contributed by atoms with Gasteiger partial charge in [-0.05, 0) is 26.8 Å². The number of carbonyl (C=O) groups is 1. The van der Waals surface area contributed by atoms with E-state index in [4.69, 9.17) is 12.6 Å². The van der Waals surface area contributed by atoms with Crippen LogP contribution in [0.15, 0.2) is 6.07 Å². The summed E-state index contributed by atoms with van der Waals surface area (Å²) in [5.74, 6) is 0.502. The summed E-state index contributed by atoms with van der Waals surface area (Å²) in [5.41, 5.74) is -0.169. The quantitative estimate of drug-likeness (QED) is 0.684.